The second-order valence-electron chi connectivity index (χ2n) is 5.81. The Bertz CT molecular complexity index is 330. The fourth-order valence-corrected chi connectivity index (χ4v) is 2.73. The molecule has 0 radical (unpaired) electrons. The Labute approximate surface area is 127 Å². The van der Waals surface area contributed by atoms with E-state index in [-0.39, 0.29) is 18.5 Å². The standard InChI is InChI=1S/C15H29N3O3/c1-3-11-18(13-7-9-16-10-8-13)15(21)17-12(2)5-4-6-14(19)20/h12-13,16H,3-11H2,1-2H3,(H,17,21)(H,19,20). The molecule has 1 atom stereocenters. The minimum Gasteiger partial charge on any atom is -0.481 e. The summed E-state index contributed by atoms with van der Waals surface area (Å²) < 4.78 is 0. The summed E-state index contributed by atoms with van der Waals surface area (Å²) in [5.41, 5.74) is 0. The number of rotatable bonds is 8. The number of hydrogen-bond donors (Lipinski definition) is 3. The van der Waals surface area contributed by atoms with E-state index in [0.29, 0.717) is 18.9 Å². The van der Waals surface area contributed by atoms with E-state index in [1.54, 1.807) is 0 Å². The third-order valence-electron chi connectivity index (χ3n) is 3.87. The van der Waals surface area contributed by atoms with E-state index in [1.807, 2.05) is 11.8 Å². The number of nitrogens with one attached hydrogen (secondary N) is 2. The molecule has 0 aliphatic carbocycles. The number of piperidine rings is 1. The molecular weight excluding hydrogens is 270 g/mol. The van der Waals surface area contributed by atoms with Crippen molar-refractivity contribution in [2.75, 3.05) is 19.6 Å². The SMILES string of the molecule is CCCN(C(=O)NC(C)CCCC(=O)O)C1CCNCC1. The van der Waals surface area contributed by atoms with Gasteiger partial charge in [0.15, 0.2) is 0 Å². The maximum Gasteiger partial charge on any atom is 0.317 e. The molecule has 1 aliphatic heterocycles. The molecule has 2 amide bonds. The van der Waals surface area contributed by atoms with Crippen molar-refractivity contribution in [3.05, 3.63) is 0 Å². The first kappa shape index (κ1) is 17.8. The lowest BCUT2D eigenvalue weighted by Gasteiger charge is -2.35. The molecule has 1 saturated heterocycles. The van der Waals surface area contributed by atoms with Crippen molar-refractivity contribution < 1.29 is 14.7 Å². The maximum absolute atomic E-state index is 12.4. The van der Waals surface area contributed by atoms with E-state index in [9.17, 15) is 9.59 Å². The Kier molecular flexibility index (Phi) is 8.12. The van der Waals surface area contributed by atoms with Gasteiger partial charge in [-0.1, -0.05) is 6.92 Å². The Hall–Kier alpha value is -1.30. The minimum atomic E-state index is -0.782. The summed E-state index contributed by atoms with van der Waals surface area (Å²) in [6.07, 6.45) is 4.40. The van der Waals surface area contributed by atoms with Crippen LogP contribution in [0.1, 0.15) is 52.4 Å². The highest BCUT2D eigenvalue weighted by Crippen LogP contribution is 2.13. The molecule has 0 spiro atoms. The van der Waals surface area contributed by atoms with Gasteiger partial charge >= 0.3 is 12.0 Å². The van der Waals surface area contributed by atoms with Crippen LogP contribution in [0.4, 0.5) is 4.79 Å². The molecule has 1 aliphatic rings. The predicted molar refractivity (Wildman–Crippen MR) is 82.4 cm³/mol. The van der Waals surface area contributed by atoms with Gasteiger partial charge in [-0.15, -0.1) is 0 Å². The van der Waals surface area contributed by atoms with E-state index < -0.39 is 5.97 Å². The minimum absolute atomic E-state index is 0.00780. The summed E-state index contributed by atoms with van der Waals surface area (Å²) in [6, 6.07) is 0.321. The van der Waals surface area contributed by atoms with Gasteiger partial charge in [-0.25, -0.2) is 4.79 Å². The van der Waals surface area contributed by atoms with Gasteiger partial charge in [0.1, 0.15) is 0 Å². The second kappa shape index (κ2) is 9.60. The monoisotopic (exact) mass is 299 g/mol. The molecule has 1 heterocycles. The molecule has 1 rings (SSSR count). The smallest absolute Gasteiger partial charge is 0.317 e. The quantitative estimate of drug-likeness (QED) is 0.638. The molecule has 0 aromatic heterocycles. The molecule has 6 nitrogen and oxygen atoms in total. The van der Waals surface area contributed by atoms with Crippen LogP contribution in [-0.2, 0) is 4.79 Å². The Balaban J connectivity index is 2.42. The summed E-state index contributed by atoms with van der Waals surface area (Å²) >= 11 is 0. The van der Waals surface area contributed by atoms with Crippen molar-refractivity contribution in [1.29, 1.82) is 0 Å². The largest absolute Gasteiger partial charge is 0.481 e. The number of amides is 2. The number of carbonyl (C=O) groups excluding carboxylic acids is 1. The number of hydrogen-bond acceptors (Lipinski definition) is 3. The van der Waals surface area contributed by atoms with E-state index in [2.05, 4.69) is 17.6 Å². The lowest BCUT2D eigenvalue weighted by molar-refractivity contribution is -0.137. The van der Waals surface area contributed by atoms with Gasteiger partial charge in [-0.05, 0) is 52.1 Å². The van der Waals surface area contributed by atoms with E-state index in [4.69, 9.17) is 5.11 Å². The van der Waals surface area contributed by atoms with Crippen LogP contribution < -0.4 is 10.6 Å². The summed E-state index contributed by atoms with van der Waals surface area (Å²) in [5.74, 6) is -0.782. The van der Waals surface area contributed by atoms with Gasteiger partial charge in [-0.2, -0.15) is 0 Å². The van der Waals surface area contributed by atoms with E-state index >= 15 is 0 Å². The lowest BCUT2D eigenvalue weighted by atomic mass is 10.0. The Morgan fingerprint density at radius 2 is 2.05 bits per heavy atom. The molecule has 0 saturated carbocycles. The molecule has 3 N–H and O–H groups in total. The maximum atomic E-state index is 12.4. The molecule has 21 heavy (non-hydrogen) atoms. The summed E-state index contributed by atoms with van der Waals surface area (Å²) in [5, 5.41) is 15.0. The highest BCUT2D eigenvalue weighted by molar-refractivity contribution is 5.74. The lowest BCUT2D eigenvalue weighted by Crippen LogP contribution is -2.51. The van der Waals surface area contributed by atoms with Crippen LogP contribution in [0.5, 0.6) is 0 Å². The number of aliphatic carboxylic acids is 1. The molecule has 0 bridgehead atoms. The van der Waals surface area contributed by atoms with Crippen molar-refractivity contribution >= 4 is 12.0 Å². The van der Waals surface area contributed by atoms with Crippen molar-refractivity contribution in [2.24, 2.45) is 0 Å². The fraction of sp³-hybridized carbons (Fsp3) is 0.867. The van der Waals surface area contributed by atoms with Gasteiger partial charge in [0, 0.05) is 25.0 Å². The Morgan fingerprint density at radius 3 is 2.62 bits per heavy atom. The number of carbonyl (C=O) groups is 2. The molecule has 0 aromatic carbocycles. The number of carboxylic acid groups (broad SMARTS) is 1. The van der Waals surface area contributed by atoms with Gasteiger partial charge in [0.25, 0.3) is 0 Å². The van der Waals surface area contributed by atoms with Crippen LogP contribution in [0.3, 0.4) is 0 Å². The molecule has 122 valence electrons. The zero-order valence-corrected chi connectivity index (χ0v) is 13.2. The second-order valence-corrected chi connectivity index (χ2v) is 5.81. The predicted octanol–water partition coefficient (Wildman–Crippen LogP) is 1.80. The topological polar surface area (TPSA) is 81.7 Å². The summed E-state index contributed by atoms with van der Waals surface area (Å²) in [4.78, 5) is 24.9. The zero-order chi connectivity index (χ0) is 15.7. The third kappa shape index (κ3) is 6.80. The van der Waals surface area contributed by atoms with Crippen LogP contribution in [0.15, 0.2) is 0 Å². The summed E-state index contributed by atoms with van der Waals surface area (Å²) in [7, 11) is 0. The summed E-state index contributed by atoms with van der Waals surface area (Å²) in [6.45, 7) is 6.72. The van der Waals surface area contributed by atoms with Crippen LogP contribution in [0.25, 0.3) is 0 Å². The molecular formula is C15H29N3O3. The van der Waals surface area contributed by atoms with Gasteiger partial charge in [0.05, 0.1) is 0 Å². The van der Waals surface area contributed by atoms with E-state index in [1.165, 1.54) is 0 Å². The molecule has 0 aromatic rings. The zero-order valence-electron chi connectivity index (χ0n) is 13.2. The first-order chi connectivity index (χ1) is 10.0. The molecule has 1 fully saturated rings. The molecule has 1 unspecified atom stereocenters. The van der Waals surface area contributed by atoms with Crippen molar-refractivity contribution in [3.8, 4) is 0 Å². The van der Waals surface area contributed by atoms with Crippen LogP contribution in [0, 0.1) is 0 Å². The number of nitrogens with zero attached hydrogens (tertiary/aromatic N) is 1. The van der Waals surface area contributed by atoms with Gasteiger partial charge in [-0.3, -0.25) is 4.79 Å². The highest BCUT2D eigenvalue weighted by atomic mass is 16.4. The average molecular weight is 299 g/mol. The van der Waals surface area contributed by atoms with Gasteiger partial charge < -0.3 is 20.6 Å². The van der Waals surface area contributed by atoms with Crippen molar-refractivity contribution in [2.45, 2.75) is 64.5 Å². The van der Waals surface area contributed by atoms with E-state index in [0.717, 1.165) is 38.9 Å². The fourth-order valence-electron chi connectivity index (χ4n) is 2.73. The first-order valence-electron chi connectivity index (χ1n) is 8.04. The van der Waals surface area contributed by atoms with Crippen LogP contribution in [0.2, 0.25) is 0 Å². The third-order valence-corrected chi connectivity index (χ3v) is 3.87. The number of carboxylic acids is 1. The molecule has 6 heteroatoms. The van der Waals surface area contributed by atoms with Crippen LogP contribution >= 0.6 is 0 Å². The highest BCUT2D eigenvalue weighted by Gasteiger charge is 2.25. The average Bonchev–Trinajstić information content (AvgIpc) is 2.45. The van der Waals surface area contributed by atoms with Crippen LogP contribution in [-0.4, -0.2) is 53.7 Å². The van der Waals surface area contributed by atoms with Gasteiger partial charge in [0.2, 0.25) is 0 Å². The first-order valence-corrected chi connectivity index (χ1v) is 8.04. The normalized spacial score (nSPS) is 17.2. The number of urea groups is 1. The van der Waals surface area contributed by atoms with Crippen molar-refractivity contribution in [1.82, 2.24) is 15.5 Å². The van der Waals surface area contributed by atoms with Crippen molar-refractivity contribution in [3.63, 3.8) is 0 Å². The Morgan fingerprint density at radius 1 is 1.38 bits per heavy atom.